The van der Waals surface area contributed by atoms with Crippen LogP contribution in [-0.2, 0) is 12.8 Å². The van der Waals surface area contributed by atoms with Gasteiger partial charge in [0.25, 0.3) is 0 Å². The van der Waals surface area contributed by atoms with Gasteiger partial charge in [-0.2, -0.15) is 0 Å². The molecule has 0 amide bonds. The zero-order valence-electron chi connectivity index (χ0n) is 13.1. The van der Waals surface area contributed by atoms with E-state index in [1.807, 2.05) is 7.05 Å². The van der Waals surface area contributed by atoms with Crippen molar-refractivity contribution in [1.29, 1.82) is 0 Å². The first-order chi connectivity index (χ1) is 10.1. The van der Waals surface area contributed by atoms with Gasteiger partial charge in [0.2, 0.25) is 0 Å². The summed E-state index contributed by atoms with van der Waals surface area (Å²) in [7, 11) is 2.02. The molecular formula is C19H24ClN. The predicted molar refractivity (Wildman–Crippen MR) is 92.2 cm³/mol. The van der Waals surface area contributed by atoms with Gasteiger partial charge in [-0.3, -0.25) is 0 Å². The molecule has 0 radical (unpaired) electrons. The Bertz CT molecular complexity index is 592. The molecule has 0 aliphatic rings. The molecule has 0 aromatic heterocycles. The van der Waals surface area contributed by atoms with Crippen LogP contribution in [0, 0.1) is 19.8 Å². The number of hydrogen-bond acceptors (Lipinski definition) is 1. The maximum atomic E-state index is 6.39. The highest BCUT2D eigenvalue weighted by molar-refractivity contribution is 6.31. The molecule has 0 aliphatic carbocycles. The van der Waals surface area contributed by atoms with Crippen molar-refractivity contribution in [2.24, 2.45) is 5.92 Å². The van der Waals surface area contributed by atoms with Crippen LogP contribution in [0.1, 0.15) is 22.3 Å². The summed E-state index contributed by atoms with van der Waals surface area (Å²) in [5, 5.41) is 4.21. The Balaban J connectivity index is 2.14. The van der Waals surface area contributed by atoms with Gasteiger partial charge in [-0.15, -0.1) is 0 Å². The molecule has 2 rings (SSSR count). The average Bonchev–Trinajstić information content (AvgIpc) is 2.44. The van der Waals surface area contributed by atoms with E-state index in [0.717, 1.165) is 24.4 Å². The van der Waals surface area contributed by atoms with E-state index in [0.29, 0.717) is 5.92 Å². The maximum absolute atomic E-state index is 6.39. The number of hydrogen-bond donors (Lipinski definition) is 1. The van der Waals surface area contributed by atoms with Gasteiger partial charge in [0.15, 0.2) is 0 Å². The normalized spacial score (nSPS) is 12.4. The van der Waals surface area contributed by atoms with Crippen molar-refractivity contribution in [3.63, 3.8) is 0 Å². The van der Waals surface area contributed by atoms with Crippen molar-refractivity contribution in [1.82, 2.24) is 5.32 Å². The highest BCUT2D eigenvalue weighted by Gasteiger charge is 2.13. The Kier molecular flexibility index (Phi) is 5.84. The second kappa shape index (κ2) is 7.63. The summed E-state index contributed by atoms with van der Waals surface area (Å²) in [4.78, 5) is 0. The second-order valence-electron chi connectivity index (χ2n) is 5.85. The predicted octanol–water partition coefficient (Wildman–Crippen LogP) is 4.58. The van der Waals surface area contributed by atoms with Gasteiger partial charge in [0.05, 0.1) is 0 Å². The third kappa shape index (κ3) is 4.59. The van der Waals surface area contributed by atoms with Gasteiger partial charge in [0, 0.05) is 5.02 Å². The molecule has 2 aromatic rings. The highest BCUT2D eigenvalue weighted by Crippen LogP contribution is 2.23. The fourth-order valence-electron chi connectivity index (χ4n) is 2.78. The molecule has 1 N–H and O–H groups in total. The smallest absolute Gasteiger partial charge is 0.0440 e. The Hall–Kier alpha value is -1.31. The molecule has 0 bridgehead atoms. The van der Waals surface area contributed by atoms with Crippen molar-refractivity contribution < 1.29 is 0 Å². The second-order valence-corrected chi connectivity index (χ2v) is 6.26. The molecule has 0 aliphatic heterocycles. The van der Waals surface area contributed by atoms with Crippen molar-refractivity contribution in [3.05, 3.63) is 69.7 Å². The Labute approximate surface area is 133 Å². The Morgan fingerprint density at radius 3 is 2.38 bits per heavy atom. The molecule has 1 nitrogen and oxygen atoms in total. The molecule has 2 aromatic carbocycles. The summed E-state index contributed by atoms with van der Waals surface area (Å²) < 4.78 is 0. The molecule has 2 heteroatoms. The van der Waals surface area contributed by atoms with Crippen molar-refractivity contribution in [2.75, 3.05) is 13.6 Å². The molecule has 21 heavy (non-hydrogen) atoms. The zero-order chi connectivity index (χ0) is 15.2. The standard InChI is InChI=1S/C19H24ClN/c1-14-8-9-18(19(20)10-14)12-16(13-21-3)11-17-7-5-4-6-15(17)2/h4-10,16,21H,11-13H2,1-3H3. The number of halogens is 1. The van der Waals surface area contributed by atoms with E-state index in [4.69, 9.17) is 11.6 Å². The molecule has 0 fully saturated rings. The van der Waals surface area contributed by atoms with E-state index >= 15 is 0 Å². The quantitative estimate of drug-likeness (QED) is 0.823. The first kappa shape index (κ1) is 16.1. The van der Waals surface area contributed by atoms with Gasteiger partial charge in [-0.1, -0.05) is 48.0 Å². The van der Waals surface area contributed by atoms with Gasteiger partial charge >= 0.3 is 0 Å². The summed E-state index contributed by atoms with van der Waals surface area (Å²) in [6, 6.07) is 15.0. The minimum atomic E-state index is 0.552. The van der Waals surface area contributed by atoms with Crippen LogP contribution >= 0.6 is 11.6 Å². The van der Waals surface area contributed by atoms with Crippen LogP contribution < -0.4 is 5.32 Å². The summed E-state index contributed by atoms with van der Waals surface area (Å²) in [5.74, 6) is 0.552. The largest absolute Gasteiger partial charge is 0.319 e. The number of aryl methyl sites for hydroxylation is 2. The highest BCUT2D eigenvalue weighted by atomic mass is 35.5. The topological polar surface area (TPSA) is 12.0 Å². The number of rotatable bonds is 6. The lowest BCUT2D eigenvalue weighted by Crippen LogP contribution is -2.23. The van der Waals surface area contributed by atoms with Crippen LogP contribution in [0.25, 0.3) is 0 Å². The summed E-state index contributed by atoms with van der Waals surface area (Å²) in [6.45, 7) is 5.26. The van der Waals surface area contributed by atoms with Crippen molar-refractivity contribution in [2.45, 2.75) is 26.7 Å². The SMILES string of the molecule is CNCC(Cc1ccccc1C)Cc1ccc(C)cc1Cl. The zero-order valence-corrected chi connectivity index (χ0v) is 13.9. The van der Waals surface area contributed by atoms with Gasteiger partial charge in [0.1, 0.15) is 0 Å². The minimum absolute atomic E-state index is 0.552. The van der Waals surface area contributed by atoms with E-state index in [9.17, 15) is 0 Å². The van der Waals surface area contributed by atoms with Gasteiger partial charge in [-0.25, -0.2) is 0 Å². The molecule has 1 atom stereocenters. The minimum Gasteiger partial charge on any atom is -0.319 e. The lowest BCUT2D eigenvalue weighted by atomic mass is 9.90. The van der Waals surface area contributed by atoms with E-state index in [1.54, 1.807) is 0 Å². The summed E-state index contributed by atoms with van der Waals surface area (Å²) in [5.41, 5.74) is 5.26. The number of benzene rings is 2. The van der Waals surface area contributed by atoms with Crippen LogP contribution in [0.15, 0.2) is 42.5 Å². The average molecular weight is 302 g/mol. The molecule has 0 spiro atoms. The van der Waals surface area contributed by atoms with Crippen LogP contribution in [0.3, 0.4) is 0 Å². The first-order valence-electron chi connectivity index (χ1n) is 7.54. The molecule has 0 saturated carbocycles. The fraction of sp³-hybridized carbons (Fsp3) is 0.368. The van der Waals surface area contributed by atoms with Crippen LogP contribution in [0.5, 0.6) is 0 Å². The summed E-state index contributed by atoms with van der Waals surface area (Å²) >= 11 is 6.39. The maximum Gasteiger partial charge on any atom is 0.0440 e. The lowest BCUT2D eigenvalue weighted by Gasteiger charge is -2.19. The monoisotopic (exact) mass is 301 g/mol. The van der Waals surface area contributed by atoms with Gasteiger partial charge in [-0.05, 0) is 74.5 Å². The molecule has 1 unspecified atom stereocenters. The van der Waals surface area contributed by atoms with Crippen molar-refractivity contribution >= 4 is 11.6 Å². The fourth-order valence-corrected chi connectivity index (χ4v) is 3.10. The molecule has 0 saturated heterocycles. The Morgan fingerprint density at radius 1 is 1.00 bits per heavy atom. The van der Waals surface area contributed by atoms with E-state index < -0.39 is 0 Å². The van der Waals surface area contributed by atoms with Crippen LogP contribution in [0.2, 0.25) is 5.02 Å². The van der Waals surface area contributed by atoms with E-state index in [-0.39, 0.29) is 0 Å². The van der Waals surface area contributed by atoms with Crippen LogP contribution in [0.4, 0.5) is 0 Å². The molecular weight excluding hydrogens is 278 g/mol. The molecule has 112 valence electrons. The third-order valence-corrected chi connectivity index (χ3v) is 4.33. The van der Waals surface area contributed by atoms with E-state index in [2.05, 4.69) is 61.6 Å². The lowest BCUT2D eigenvalue weighted by molar-refractivity contribution is 0.492. The number of nitrogens with one attached hydrogen (secondary N) is 1. The Morgan fingerprint density at radius 2 is 1.71 bits per heavy atom. The third-order valence-electron chi connectivity index (χ3n) is 3.98. The molecule has 0 heterocycles. The first-order valence-corrected chi connectivity index (χ1v) is 7.92. The van der Waals surface area contributed by atoms with Crippen molar-refractivity contribution in [3.8, 4) is 0 Å². The summed E-state index contributed by atoms with van der Waals surface area (Å²) in [6.07, 6.45) is 2.09. The van der Waals surface area contributed by atoms with E-state index in [1.165, 1.54) is 22.3 Å². The van der Waals surface area contributed by atoms with Gasteiger partial charge < -0.3 is 5.32 Å². The van der Waals surface area contributed by atoms with Crippen LogP contribution in [-0.4, -0.2) is 13.6 Å².